The second-order valence-corrected chi connectivity index (χ2v) is 7.19. The molecule has 0 spiro atoms. The van der Waals surface area contributed by atoms with E-state index in [1.807, 2.05) is 6.07 Å². The highest BCUT2D eigenvalue weighted by Crippen LogP contribution is 2.35. The van der Waals surface area contributed by atoms with Crippen molar-refractivity contribution in [1.29, 1.82) is 5.26 Å². The van der Waals surface area contributed by atoms with E-state index in [1.165, 1.54) is 13.2 Å². The van der Waals surface area contributed by atoms with Crippen LogP contribution in [0.4, 0.5) is 29.3 Å². The predicted octanol–water partition coefficient (Wildman–Crippen LogP) is 5.48. The third-order valence-corrected chi connectivity index (χ3v) is 5.00. The monoisotopic (exact) mass is 478 g/mol. The minimum absolute atomic E-state index is 0.0488. The van der Waals surface area contributed by atoms with Crippen molar-refractivity contribution < 1.29 is 22.7 Å². The minimum Gasteiger partial charge on any atom is -0.495 e. The fourth-order valence-electron chi connectivity index (χ4n) is 3.37. The van der Waals surface area contributed by atoms with E-state index in [9.17, 15) is 23.2 Å². The molecule has 4 rings (SSSR count). The highest BCUT2D eigenvalue weighted by atomic mass is 19.4. The molecule has 35 heavy (non-hydrogen) atoms. The van der Waals surface area contributed by atoms with Gasteiger partial charge in [0.2, 0.25) is 0 Å². The number of hydrogen-bond donors (Lipinski definition) is 2. The maximum Gasteiger partial charge on any atom is 0.416 e. The van der Waals surface area contributed by atoms with Gasteiger partial charge in [-0.25, -0.2) is 9.78 Å². The van der Waals surface area contributed by atoms with E-state index >= 15 is 0 Å². The van der Waals surface area contributed by atoms with Crippen LogP contribution in [0.3, 0.4) is 0 Å². The van der Waals surface area contributed by atoms with Crippen molar-refractivity contribution in [2.24, 2.45) is 0 Å². The van der Waals surface area contributed by atoms with Gasteiger partial charge in [-0.05, 0) is 48.5 Å². The minimum atomic E-state index is -4.59. The van der Waals surface area contributed by atoms with E-state index in [0.29, 0.717) is 11.5 Å². The fourth-order valence-corrected chi connectivity index (χ4v) is 3.37. The van der Waals surface area contributed by atoms with E-state index in [1.54, 1.807) is 53.6 Å². The van der Waals surface area contributed by atoms with Crippen LogP contribution in [0.15, 0.2) is 73.3 Å². The standard InChI is InChI=1S/C24H17F3N6O2/c1-35-21-5-2-17(24(25,26)27)13-20(21)32-23(34)31-19-4-3-18(12-16(19)14-28)33-11-10-30-22(33)15-6-8-29-9-7-15/h2-13H,1H3,(H2,31,32,34). The third kappa shape index (κ3) is 5.06. The number of anilines is 2. The van der Waals surface area contributed by atoms with Gasteiger partial charge in [-0.3, -0.25) is 9.55 Å². The number of carbonyl (C=O) groups excluding carboxylic acids is 1. The van der Waals surface area contributed by atoms with Crippen LogP contribution in [0.25, 0.3) is 17.1 Å². The molecule has 2 heterocycles. The Labute approximate surface area is 197 Å². The van der Waals surface area contributed by atoms with Crippen molar-refractivity contribution in [3.05, 3.63) is 84.4 Å². The molecule has 0 aliphatic rings. The lowest BCUT2D eigenvalue weighted by atomic mass is 10.1. The van der Waals surface area contributed by atoms with Crippen LogP contribution in [-0.4, -0.2) is 27.7 Å². The third-order valence-electron chi connectivity index (χ3n) is 5.00. The van der Waals surface area contributed by atoms with Gasteiger partial charge < -0.3 is 15.4 Å². The summed E-state index contributed by atoms with van der Waals surface area (Å²) in [5.74, 6) is 0.680. The molecule has 176 valence electrons. The lowest BCUT2D eigenvalue weighted by Crippen LogP contribution is -2.21. The van der Waals surface area contributed by atoms with Crippen LogP contribution in [0.1, 0.15) is 11.1 Å². The summed E-state index contributed by atoms with van der Waals surface area (Å²) in [6.45, 7) is 0. The number of imidazole rings is 1. The Morgan fingerprint density at radius 1 is 1.03 bits per heavy atom. The normalized spacial score (nSPS) is 10.9. The largest absolute Gasteiger partial charge is 0.495 e. The van der Waals surface area contributed by atoms with Crippen molar-refractivity contribution in [3.8, 4) is 28.9 Å². The summed E-state index contributed by atoms with van der Waals surface area (Å²) in [5.41, 5.74) is 0.640. The van der Waals surface area contributed by atoms with Crippen LogP contribution in [0, 0.1) is 11.3 Å². The Morgan fingerprint density at radius 3 is 2.46 bits per heavy atom. The van der Waals surface area contributed by atoms with Gasteiger partial charge in [0.1, 0.15) is 17.6 Å². The van der Waals surface area contributed by atoms with Gasteiger partial charge in [-0.2, -0.15) is 18.4 Å². The molecule has 0 fully saturated rings. The van der Waals surface area contributed by atoms with E-state index in [0.717, 1.165) is 23.8 Å². The topological polar surface area (TPSA) is 105 Å². The molecule has 0 saturated carbocycles. The van der Waals surface area contributed by atoms with Gasteiger partial charge in [0, 0.05) is 36.0 Å². The van der Waals surface area contributed by atoms with E-state index in [-0.39, 0.29) is 22.7 Å². The van der Waals surface area contributed by atoms with Gasteiger partial charge in [0.15, 0.2) is 0 Å². The highest BCUT2D eigenvalue weighted by Gasteiger charge is 2.31. The maximum atomic E-state index is 13.1. The molecule has 0 unspecified atom stereocenters. The number of rotatable bonds is 5. The van der Waals surface area contributed by atoms with Crippen molar-refractivity contribution in [2.75, 3.05) is 17.7 Å². The molecule has 0 aliphatic carbocycles. The number of nitrogens with zero attached hydrogens (tertiary/aromatic N) is 4. The summed E-state index contributed by atoms with van der Waals surface area (Å²) in [6.07, 6.45) is 2.03. The molecule has 8 nitrogen and oxygen atoms in total. The molecule has 2 N–H and O–H groups in total. The Balaban J connectivity index is 1.58. The molecule has 2 aromatic carbocycles. The van der Waals surface area contributed by atoms with Gasteiger partial charge in [0.05, 0.1) is 29.6 Å². The molecule has 0 aliphatic heterocycles. The first-order valence-corrected chi connectivity index (χ1v) is 10.1. The van der Waals surface area contributed by atoms with E-state index < -0.39 is 17.8 Å². The van der Waals surface area contributed by atoms with Crippen molar-refractivity contribution in [1.82, 2.24) is 14.5 Å². The Hall–Kier alpha value is -4.85. The van der Waals surface area contributed by atoms with E-state index in [2.05, 4.69) is 20.6 Å². The zero-order valence-electron chi connectivity index (χ0n) is 18.2. The van der Waals surface area contributed by atoms with Crippen LogP contribution < -0.4 is 15.4 Å². The molecule has 0 saturated heterocycles. The number of amides is 2. The second kappa shape index (κ2) is 9.56. The molecule has 0 atom stereocenters. The first-order valence-electron chi connectivity index (χ1n) is 10.1. The Kier molecular flexibility index (Phi) is 6.37. The number of benzene rings is 2. The summed E-state index contributed by atoms with van der Waals surface area (Å²) in [6, 6.07) is 12.3. The summed E-state index contributed by atoms with van der Waals surface area (Å²) in [7, 11) is 1.27. The average Bonchev–Trinajstić information content (AvgIpc) is 3.34. The Bertz CT molecular complexity index is 1410. The lowest BCUT2D eigenvalue weighted by Gasteiger charge is -2.15. The number of ether oxygens (including phenoxy) is 1. The molecule has 4 aromatic rings. The summed E-state index contributed by atoms with van der Waals surface area (Å²) >= 11 is 0. The number of aromatic nitrogens is 3. The molecular formula is C24H17F3N6O2. The number of pyridine rings is 1. The number of carbonyl (C=O) groups is 1. The summed E-state index contributed by atoms with van der Waals surface area (Å²) in [4.78, 5) is 20.9. The molecular weight excluding hydrogens is 461 g/mol. The SMILES string of the molecule is COc1ccc(C(F)(F)F)cc1NC(=O)Nc1ccc(-n2ccnc2-c2ccncc2)cc1C#N. The highest BCUT2D eigenvalue weighted by molar-refractivity contribution is 6.01. The van der Waals surface area contributed by atoms with Crippen molar-refractivity contribution in [2.45, 2.75) is 6.18 Å². The van der Waals surface area contributed by atoms with E-state index in [4.69, 9.17) is 4.74 Å². The maximum absolute atomic E-state index is 13.1. The average molecular weight is 478 g/mol. The number of methoxy groups -OCH3 is 1. The predicted molar refractivity (Wildman–Crippen MR) is 122 cm³/mol. The smallest absolute Gasteiger partial charge is 0.416 e. The van der Waals surface area contributed by atoms with Crippen LogP contribution in [0.5, 0.6) is 5.75 Å². The van der Waals surface area contributed by atoms with Crippen LogP contribution >= 0.6 is 0 Å². The van der Waals surface area contributed by atoms with Crippen LogP contribution in [0.2, 0.25) is 0 Å². The number of urea groups is 1. The zero-order chi connectivity index (χ0) is 25.0. The number of halogens is 3. The molecule has 11 heteroatoms. The van der Waals surface area contributed by atoms with Crippen molar-refractivity contribution >= 4 is 17.4 Å². The summed E-state index contributed by atoms with van der Waals surface area (Å²) in [5, 5.41) is 14.5. The van der Waals surface area contributed by atoms with Crippen molar-refractivity contribution in [3.63, 3.8) is 0 Å². The molecule has 2 aromatic heterocycles. The zero-order valence-corrected chi connectivity index (χ0v) is 18.2. The van der Waals surface area contributed by atoms with Crippen LogP contribution in [-0.2, 0) is 6.18 Å². The van der Waals surface area contributed by atoms with Gasteiger partial charge >= 0.3 is 12.2 Å². The number of hydrogen-bond acceptors (Lipinski definition) is 5. The Morgan fingerprint density at radius 2 is 1.77 bits per heavy atom. The number of nitriles is 1. The first-order chi connectivity index (χ1) is 16.8. The van der Waals surface area contributed by atoms with Gasteiger partial charge in [-0.15, -0.1) is 0 Å². The first kappa shape index (κ1) is 23.3. The molecule has 2 amide bonds. The fraction of sp³-hybridized carbons (Fsp3) is 0.0833. The van der Waals surface area contributed by atoms with Gasteiger partial charge in [0.25, 0.3) is 0 Å². The molecule has 0 radical (unpaired) electrons. The second-order valence-electron chi connectivity index (χ2n) is 7.19. The lowest BCUT2D eigenvalue weighted by molar-refractivity contribution is -0.137. The van der Waals surface area contributed by atoms with Gasteiger partial charge in [-0.1, -0.05) is 0 Å². The summed E-state index contributed by atoms with van der Waals surface area (Å²) < 4.78 is 46.0. The number of nitrogens with one attached hydrogen (secondary N) is 2. The number of alkyl halides is 3. The molecule has 0 bridgehead atoms. The quantitative estimate of drug-likeness (QED) is 0.395.